The highest BCUT2D eigenvalue weighted by Gasteiger charge is 2.23. The van der Waals surface area contributed by atoms with Gasteiger partial charge in [-0.15, -0.1) is 11.3 Å². The van der Waals surface area contributed by atoms with Gasteiger partial charge in [0, 0.05) is 48.6 Å². The Morgan fingerprint density at radius 1 is 0.350 bits per heavy atom. The van der Waals surface area contributed by atoms with E-state index in [2.05, 4.69) is 205 Å². The number of benzene rings is 9. The van der Waals surface area contributed by atoms with Crippen molar-refractivity contribution < 1.29 is 0 Å². The molecule has 3 nitrogen and oxygen atoms in total. The minimum Gasteiger partial charge on any atom is -0.308 e. The van der Waals surface area contributed by atoms with Gasteiger partial charge in [-0.05, 0) is 87.6 Å². The molecule has 0 aliphatic carbocycles. The number of aromatic nitrogens is 3. The molecule has 0 aliphatic heterocycles. The summed E-state index contributed by atoms with van der Waals surface area (Å²) in [5, 5.41) is 7.64. The molecule has 0 spiro atoms. The summed E-state index contributed by atoms with van der Waals surface area (Å²) in [5.74, 6) is 0.698. The summed E-state index contributed by atoms with van der Waals surface area (Å²) >= 11 is 1.89. The molecule has 0 bridgehead atoms. The van der Waals surface area contributed by atoms with E-state index in [1.807, 2.05) is 23.5 Å². The lowest BCUT2D eigenvalue weighted by atomic mass is 9.96. The van der Waals surface area contributed by atoms with Crippen molar-refractivity contribution >= 4 is 64.1 Å². The maximum absolute atomic E-state index is 5.14. The van der Waals surface area contributed by atoms with E-state index >= 15 is 0 Å². The summed E-state index contributed by atoms with van der Waals surface area (Å²) in [6, 6.07) is 76.0. The van der Waals surface area contributed by atoms with E-state index in [9.17, 15) is 0 Å². The summed E-state index contributed by atoms with van der Waals surface area (Å²) < 4.78 is 5.06. The number of fused-ring (bicyclic) bond motifs is 10. The largest absolute Gasteiger partial charge is 0.308 e. The molecular formula is C56H35N3S. The first-order valence-corrected chi connectivity index (χ1v) is 21.1. The average Bonchev–Trinajstić information content (AvgIpc) is 3.89. The monoisotopic (exact) mass is 781 g/mol. The molecule has 12 rings (SSSR count). The smallest absolute Gasteiger partial charge is 0.160 e. The van der Waals surface area contributed by atoms with E-state index in [0.717, 1.165) is 33.8 Å². The van der Waals surface area contributed by atoms with Crippen LogP contribution in [0.25, 0.3) is 115 Å². The molecule has 0 radical (unpaired) electrons. The van der Waals surface area contributed by atoms with Crippen LogP contribution in [0.5, 0.6) is 0 Å². The van der Waals surface area contributed by atoms with E-state index in [-0.39, 0.29) is 0 Å². The predicted octanol–water partition coefficient (Wildman–Crippen LogP) is 15.4. The minimum atomic E-state index is 0.698. The normalized spacial score (nSPS) is 11.7. The van der Waals surface area contributed by atoms with Crippen LogP contribution in [-0.2, 0) is 0 Å². The van der Waals surface area contributed by atoms with Gasteiger partial charge in [0.15, 0.2) is 5.82 Å². The molecule has 60 heavy (non-hydrogen) atoms. The van der Waals surface area contributed by atoms with Crippen LogP contribution in [0.1, 0.15) is 0 Å². The van der Waals surface area contributed by atoms with Gasteiger partial charge in [-0.3, -0.25) is 0 Å². The quantitative estimate of drug-likeness (QED) is 0.168. The zero-order valence-corrected chi connectivity index (χ0v) is 33.3. The predicted molar refractivity (Wildman–Crippen MR) is 254 cm³/mol. The first-order valence-electron chi connectivity index (χ1n) is 20.3. The van der Waals surface area contributed by atoms with E-state index in [0.29, 0.717) is 5.82 Å². The lowest BCUT2D eigenvalue weighted by Gasteiger charge is -2.12. The summed E-state index contributed by atoms with van der Waals surface area (Å²) in [4.78, 5) is 10.3. The molecule has 12 aromatic rings. The van der Waals surface area contributed by atoms with Crippen LogP contribution in [0.3, 0.4) is 0 Å². The fraction of sp³-hybridized carbons (Fsp3) is 0. The maximum atomic E-state index is 5.14. The SMILES string of the molecule is c1ccc(-c2ccc3sc4c(c3c2)c2ccccc2c2c3cc(-c5ccccc5)ccc3n(-c3ccc(-c5nc(-c6ccccc6)cc(-c6ccccc6)n5)cc3)c42)cc1. The zero-order chi connectivity index (χ0) is 39.6. The second-order valence-electron chi connectivity index (χ2n) is 15.3. The molecule has 0 saturated heterocycles. The van der Waals surface area contributed by atoms with Crippen molar-refractivity contribution in [2.24, 2.45) is 0 Å². The molecule has 3 aromatic heterocycles. The van der Waals surface area contributed by atoms with Crippen LogP contribution in [0.2, 0.25) is 0 Å². The third-order valence-electron chi connectivity index (χ3n) is 11.8. The molecule has 0 fully saturated rings. The fourth-order valence-electron chi connectivity index (χ4n) is 8.97. The highest BCUT2D eigenvalue weighted by Crippen LogP contribution is 2.49. The summed E-state index contributed by atoms with van der Waals surface area (Å²) in [6.07, 6.45) is 0. The number of nitrogens with zero attached hydrogens (tertiary/aromatic N) is 3. The van der Waals surface area contributed by atoms with Crippen molar-refractivity contribution in [3.63, 3.8) is 0 Å². The maximum Gasteiger partial charge on any atom is 0.160 e. The van der Waals surface area contributed by atoms with E-state index in [1.54, 1.807) is 0 Å². The second kappa shape index (κ2) is 14.0. The van der Waals surface area contributed by atoms with Crippen LogP contribution in [-0.4, -0.2) is 14.5 Å². The summed E-state index contributed by atoms with van der Waals surface area (Å²) in [6.45, 7) is 0. The number of thiophene rings is 1. The lowest BCUT2D eigenvalue weighted by Crippen LogP contribution is -1.97. The van der Waals surface area contributed by atoms with Gasteiger partial charge in [-0.1, -0.05) is 158 Å². The molecule has 0 aliphatic rings. The Hall–Kier alpha value is -7.66. The van der Waals surface area contributed by atoms with Crippen molar-refractivity contribution in [3.8, 4) is 61.8 Å². The van der Waals surface area contributed by atoms with Gasteiger partial charge < -0.3 is 4.57 Å². The van der Waals surface area contributed by atoms with Gasteiger partial charge in [0.05, 0.1) is 27.1 Å². The van der Waals surface area contributed by atoms with Crippen molar-refractivity contribution in [1.82, 2.24) is 14.5 Å². The van der Waals surface area contributed by atoms with E-state index in [4.69, 9.17) is 9.97 Å². The minimum absolute atomic E-state index is 0.698. The molecule has 3 heterocycles. The van der Waals surface area contributed by atoms with Gasteiger partial charge in [0.2, 0.25) is 0 Å². The number of rotatable bonds is 6. The molecule has 9 aromatic carbocycles. The number of hydrogen-bond donors (Lipinski definition) is 0. The average molecular weight is 782 g/mol. The molecule has 0 unspecified atom stereocenters. The third-order valence-corrected chi connectivity index (χ3v) is 13.0. The van der Waals surface area contributed by atoms with Crippen LogP contribution in [0.15, 0.2) is 212 Å². The van der Waals surface area contributed by atoms with Gasteiger partial charge >= 0.3 is 0 Å². The Labute approximate surface area is 351 Å². The summed E-state index contributed by atoms with van der Waals surface area (Å²) in [5.41, 5.74) is 13.2. The highest BCUT2D eigenvalue weighted by atomic mass is 32.1. The molecule has 0 saturated carbocycles. The molecule has 0 amide bonds. The second-order valence-corrected chi connectivity index (χ2v) is 16.4. The van der Waals surface area contributed by atoms with Gasteiger partial charge in [0.25, 0.3) is 0 Å². The van der Waals surface area contributed by atoms with Gasteiger partial charge in [-0.2, -0.15) is 0 Å². The van der Waals surface area contributed by atoms with Crippen LogP contribution in [0, 0.1) is 0 Å². The highest BCUT2D eigenvalue weighted by molar-refractivity contribution is 7.27. The van der Waals surface area contributed by atoms with E-state index < -0.39 is 0 Å². The number of hydrogen-bond acceptors (Lipinski definition) is 3. The molecule has 0 atom stereocenters. The Morgan fingerprint density at radius 3 is 1.42 bits per heavy atom. The molecule has 0 N–H and O–H groups in total. The topological polar surface area (TPSA) is 30.7 Å². The fourth-order valence-corrected chi connectivity index (χ4v) is 10.2. The zero-order valence-electron chi connectivity index (χ0n) is 32.5. The first kappa shape index (κ1) is 34.4. The molecule has 4 heteroatoms. The van der Waals surface area contributed by atoms with E-state index in [1.165, 1.54) is 75.0 Å². The Balaban J connectivity index is 1.12. The standard InChI is InChI=1S/C56H35N3S/c1-5-15-36(16-6-1)41-27-31-50-46(33-41)52-44-23-13-14-24-45(44)53-47-34-42(37-17-7-2-8-18-37)28-32-51(47)60-55(53)54(52)59(50)43-29-25-40(26-30-43)56-57-48(38-19-9-3-10-20-38)35-49(58-56)39-21-11-4-12-22-39/h1-35H. The van der Waals surface area contributed by atoms with Gasteiger partial charge in [-0.25, -0.2) is 9.97 Å². The summed E-state index contributed by atoms with van der Waals surface area (Å²) in [7, 11) is 0. The van der Waals surface area contributed by atoms with Crippen LogP contribution < -0.4 is 0 Å². The Bertz CT molecular complexity index is 3500. The third kappa shape index (κ3) is 5.65. The Kier molecular flexibility index (Phi) is 8.03. The van der Waals surface area contributed by atoms with Crippen LogP contribution >= 0.6 is 11.3 Å². The van der Waals surface area contributed by atoms with Crippen molar-refractivity contribution in [3.05, 3.63) is 212 Å². The van der Waals surface area contributed by atoms with Gasteiger partial charge in [0.1, 0.15) is 0 Å². The molecule has 280 valence electrons. The lowest BCUT2D eigenvalue weighted by molar-refractivity contribution is 1.17. The first-order chi connectivity index (χ1) is 29.7. The Morgan fingerprint density at radius 2 is 0.833 bits per heavy atom. The van der Waals surface area contributed by atoms with Crippen molar-refractivity contribution in [1.29, 1.82) is 0 Å². The van der Waals surface area contributed by atoms with Crippen molar-refractivity contribution in [2.45, 2.75) is 0 Å². The van der Waals surface area contributed by atoms with Crippen molar-refractivity contribution in [2.75, 3.05) is 0 Å². The van der Waals surface area contributed by atoms with Crippen LogP contribution in [0.4, 0.5) is 0 Å². The molecular weight excluding hydrogens is 747 g/mol.